The summed E-state index contributed by atoms with van der Waals surface area (Å²) in [5, 5.41) is 25.2. The summed E-state index contributed by atoms with van der Waals surface area (Å²) >= 11 is 0. The number of nitro benzene ring substituents is 1. The van der Waals surface area contributed by atoms with E-state index < -0.39 is 74.7 Å². The fourth-order valence-electron chi connectivity index (χ4n) is 8.38. The van der Waals surface area contributed by atoms with Gasteiger partial charge in [-0.1, -0.05) is 19.9 Å². The third-order valence-electron chi connectivity index (χ3n) is 10.3. The standard InChI is InChI=1S/C29H32F2N2O7/c1-15-11-19-20-13-22(30)21-12-18(34)9-10-26(21,2)28(20,31)23(35)14-27(19,3)29(15,25(37)32-4)40-24(36)16-5-7-17(8-6-16)33(38)39/h5-10,12,15,19-20,22-23,35H,11,13-14H2,1-4H3,(H,32,37)/t15-,19+,20+,22+,23+,26+,27+,28+,29+/m1/s1. The van der Waals surface area contributed by atoms with E-state index in [9.17, 15) is 29.6 Å². The van der Waals surface area contributed by atoms with Crippen LogP contribution in [0.15, 0.2) is 48.1 Å². The number of nitrogens with one attached hydrogen (secondary N) is 1. The molecule has 1 amide bonds. The van der Waals surface area contributed by atoms with Crippen LogP contribution in [-0.2, 0) is 14.3 Å². The van der Waals surface area contributed by atoms with Crippen LogP contribution in [0.1, 0.15) is 50.4 Å². The van der Waals surface area contributed by atoms with Gasteiger partial charge >= 0.3 is 5.97 Å². The number of likely N-dealkylation sites (N-methyl/N-ethyl adjacent to an activating group) is 1. The molecule has 1 aromatic rings. The van der Waals surface area contributed by atoms with E-state index in [0.29, 0.717) is 0 Å². The number of hydrogen-bond acceptors (Lipinski definition) is 7. The Morgan fingerprint density at radius 2 is 1.82 bits per heavy atom. The largest absolute Gasteiger partial charge is 0.444 e. The van der Waals surface area contributed by atoms with Crippen LogP contribution in [0.3, 0.4) is 0 Å². The number of aliphatic hydroxyl groups excluding tert-OH is 1. The smallest absolute Gasteiger partial charge is 0.339 e. The molecular weight excluding hydrogens is 526 g/mol. The third kappa shape index (κ3) is 3.42. The number of hydrogen-bond donors (Lipinski definition) is 2. The normalized spacial score (nSPS) is 41.7. The molecule has 214 valence electrons. The molecule has 9 atom stereocenters. The van der Waals surface area contributed by atoms with Crippen LogP contribution >= 0.6 is 0 Å². The SMILES string of the molecule is CNC(=O)[C@@]1(OC(=O)c2ccc([N+](=O)[O-])cc2)[C@H](C)C[C@H]2[C@@H]3C[C@H](F)C4=CC(=O)C=C[C@]4(C)[C@@]3(F)[C@@H](O)C[C@@]21C. The van der Waals surface area contributed by atoms with Crippen LogP contribution in [0, 0.1) is 38.7 Å². The molecular formula is C29H32F2N2O7. The lowest BCUT2D eigenvalue weighted by atomic mass is 9.44. The number of alkyl halides is 2. The van der Waals surface area contributed by atoms with Gasteiger partial charge in [-0.05, 0) is 62.0 Å². The number of halogens is 2. The second-order valence-electron chi connectivity index (χ2n) is 12.0. The minimum absolute atomic E-state index is 0.00499. The quantitative estimate of drug-likeness (QED) is 0.326. The highest BCUT2D eigenvalue weighted by Gasteiger charge is 2.78. The number of rotatable bonds is 4. The number of nitrogens with zero attached hydrogens (tertiary/aromatic N) is 1. The van der Waals surface area contributed by atoms with Crippen molar-refractivity contribution in [3.8, 4) is 0 Å². The second-order valence-corrected chi connectivity index (χ2v) is 12.0. The predicted octanol–water partition coefficient (Wildman–Crippen LogP) is 3.80. The first-order valence-electron chi connectivity index (χ1n) is 13.3. The summed E-state index contributed by atoms with van der Waals surface area (Å²) < 4.78 is 39.2. The predicted molar refractivity (Wildman–Crippen MR) is 138 cm³/mol. The van der Waals surface area contributed by atoms with Crippen molar-refractivity contribution in [1.29, 1.82) is 0 Å². The molecule has 9 nitrogen and oxygen atoms in total. The lowest BCUT2D eigenvalue weighted by molar-refractivity contribution is -0.384. The van der Waals surface area contributed by atoms with E-state index in [-0.39, 0.29) is 36.1 Å². The molecule has 0 aromatic heterocycles. The number of fused-ring (bicyclic) bond motifs is 5. The molecule has 2 N–H and O–H groups in total. The highest BCUT2D eigenvalue weighted by atomic mass is 19.1. The fourth-order valence-corrected chi connectivity index (χ4v) is 8.38. The van der Waals surface area contributed by atoms with Crippen molar-refractivity contribution < 1.29 is 37.9 Å². The molecule has 1 aromatic carbocycles. The monoisotopic (exact) mass is 558 g/mol. The van der Waals surface area contributed by atoms with E-state index in [1.54, 1.807) is 13.8 Å². The van der Waals surface area contributed by atoms with Gasteiger partial charge in [-0.15, -0.1) is 0 Å². The van der Waals surface area contributed by atoms with Gasteiger partial charge in [-0.2, -0.15) is 0 Å². The van der Waals surface area contributed by atoms with E-state index >= 15 is 8.78 Å². The van der Waals surface area contributed by atoms with Gasteiger partial charge in [0.25, 0.3) is 11.6 Å². The molecule has 4 aliphatic carbocycles. The van der Waals surface area contributed by atoms with E-state index in [2.05, 4.69) is 5.32 Å². The van der Waals surface area contributed by atoms with E-state index in [1.165, 1.54) is 38.3 Å². The molecule has 0 bridgehead atoms. The van der Waals surface area contributed by atoms with Gasteiger partial charge in [-0.25, -0.2) is 13.6 Å². The van der Waals surface area contributed by atoms with Crippen molar-refractivity contribution in [3.05, 3.63) is 63.7 Å². The van der Waals surface area contributed by atoms with Gasteiger partial charge in [0.2, 0.25) is 0 Å². The summed E-state index contributed by atoms with van der Waals surface area (Å²) in [4.78, 5) is 49.5. The Kier molecular flexibility index (Phi) is 6.33. The minimum atomic E-state index is -2.34. The Morgan fingerprint density at radius 3 is 2.42 bits per heavy atom. The zero-order valence-electron chi connectivity index (χ0n) is 22.6. The number of carbonyl (C=O) groups excluding carboxylic acids is 3. The van der Waals surface area contributed by atoms with Gasteiger partial charge in [0, 0.05) is 41.8 Å². The number of amides is 1. The first kappa shape index (κ1) is 28.1. The number of nitro groups is 1. The maximum Gasteiger partial charge on any atom is 0.339 e. The highest BCUT2D eigenvalue weighted by molar-refractivity contribution is 6.01. The maximum atomic E-state index is 17.4. The molecule has 40 heavy (non-hydrogen) atoms. The summed E-state index contributed by atoms with van der Waals surface area (Å²) in [6.07, 6.45) is -0.0282. The second kappa shape index (κ2) is 9.02. The molecule has 0 saturated heterocycles. The summed E-state index contributed by atoms with van der Waals surface area (Å²) in [5.41, 5.74) is -7.33. The number of aliphatic hydroxyl groups is 1. The molecule has 0 spiro atoms. The zero-order chi connectivity index (χ0) is 29.4. The van der Waals surface area contributed by atoms with Crippen molar-refractivity contribution in [2.75, 3.05) is 7.05 Å². The lowest BCUT2D eigenvalue weighted by Crippen LogP contribution is -2.71. The lowest BCUT2D eigenvalue weighted by Gasteiger charge is -2.63. The van der Waals surface area contributed by atoms with Gasteiger partial charge in [0.1, 0.15) is 6.17 Å². The molecule has 0 aliphatic heterocycles. The van der Waals surface area contributed by atoms with Gasteiger partial charge in [-0.3, -0.25) is 19.7 Å². The number of benzene rings is 1. The van der Waals surface area contributed by atoms with Crippen LogP contribution < -0.4 is 5.32 Å². The van der Waals surface area contributed by atoms with E-state index in [1.807, 2.05) is 0 Å². The first-order chi connectivity index (χ1) is 18.7. The molecule has 0 heterocycles. The molecule has 11 heteroatoms. The summed E-state index contributed by atoms with van der Waals surface area (Å²) in [5.74, 6) is -4.36. The van der Waals surface area contributed by atoms with Crippen LogP contribution in [-0.4, -0.2) is 58.3 Å². The average molecular weight is 559 g/mol. The Labute approximate surface area is 229 Å². The number of non-ortho nitro benzene ring substituents is 1. The van der Waals surface area contributed by atoms with E-state index in [0.717, 1.165) is 18.2 Å². The number of esters is 1. The Morgan fingerprint density at radius 1 is 1.18 bits per heavy atom. The van der Waals surface area contributed by atoms with Crippen molar-refractivity contribution in [3.63, 3.8) is 0 Å². The van der Waals surface area contributed by atoms with Crippen molar-refractivity contribution in [1.82, 2.24) is 5.32 Å². The molecule has 5 rings (SSSR count). The maximum absolute atomic E-state index is 17.4. The van der Waals surface area contributed by atoms with E-state index in [4.69, 9.17) is 4.74 Å². The third-order valence-corrected chi connectivity index (χ3v) is 10.3. The number of allylic oxidation sites excluding steroid dienone is 4. The molecule has 4 aliphatic rings. The van der Waals surface area contributed by atoms with Crippen LogP contribution in [0.4, 0.5) is 14.5 Å². The number of carbonyl (C=O) groups is 3. The highest BCUT2D eigenvalue weighted by Crippen LogP contribution is 2.71. The Bertz CT molecular complexity index is 1360. The fraction of sp³-hybridized carbons (Fsp3) is 0.552. The van der Waals surface area contributed by atoms with Gasteiger partial charge < -0.3 is 15.2 Å². The topological polar surface area (TPSA) is 136 Å². The first-order valence-corrected chi connectivity index (χ1v) is 13.3. The van der Waals surface area contributed by atoms with Crippen LogP contribution in [0.25, 0.3) is 0 Å². The molecule has 3 saturated carbocycles. The summed E-state index contributed by atoms with van der Waals surface area (Å²) in [6.45, 7) is 4.87. The Hall–Kier alpha value is -3.47. The zero-order valence-corrected chi connectivity index (χ0v) is 22.6. The summed E-state index contributed by atoms with van der Waals surface area (Å²) in [6, 6.07) is 4.73. The number of ketones is 1. The average Bonchev–Trinajstić information content (AvgIpc) is 3.13. The number of ether oxygens (including phenoxy) is 1. The van der Waals surface area contributed by atoms with Crippen molar-refractivity contribution >= 4 is 23.3 Å². The summed E-state index contributed by atoms with van der Waals surface area (Å²) in [7, 11) is 1.38. The van der Waals surface area contributed by atoms with Crippen LogP contribution in [0.2, 0.25) is 0 Å². The molecule has 0 unspecified atom stereocenters. The van der Waals surface area contributed by atoms with Gasteiger partial charge in [0.15, 0.2) is 17.1 Å². The van der Waals surface area contributed by atoms with Crippen molar-refractivity contribution in [2.45, 2.75) is 63.6 Å². The molecule has 3 fully saturated rings. The minimum Gasteiger partial charge on any atom is -0.444 e. The van der Waals surface area contributed by atoms with Crippen molar-refractivity contribution in [2.24, 2.45) is 28.6 Å². The Balaban J connectivity index is 1.59. The van der Waals surface area contributed by atoms with Gasteiger partial charge in [0.05, 0.1) is 16.6 Å². The molecule has 0 radical (unpaired) electrons. The van der Waals surface area contributed by atoms with Crippen LogP contribution in [0.5, 0.6) is 0 Å².